The van der Waals surface area contributed by atoms with Crippen LogP contribution in [-0.2, 0) is 4.79 Å². The summed E-state index contributed by atoms with van der Waals surface area (Å²) in [4.78, 5) is 13.6. The van der Waals surface area contributed by atoms with Crippen molar-refractivity contribution < 1.29 is 9.90 Å². The van der Waals surface area contributed by atoms with E-state index in [1.807, 2.05) is 0 Å². The van der Waals surface area contributed by atoms with E-state index >= 15 is 0 Å². The van der Waals surface area contributed by atoms with Crippen molar-refractivity contribution in [1.29, 1.82) is 0 Å². The maximum atomic E-state index is 11.8. The van der Waals surface area contributed by atoms with E-state index in [1.165, 1.54) is 0 Å². The predicted molar refractivity (Wildman–Crippen MR) is 55.9 cm³/mol. The van der Waals surface area contributed by atoms with Crippen molar-refractivity contribution in [2.45, 2.75) is 52.2 Å². The van der Waals surface area contributed by atoms with Gasteiger partial charge in [0, 0.05) is 12.6 Å². The Morgan fingerprint density at radius 1 is 1.43 bits per heavy atom. The van der Waals surface area contributed by atoms with Crippen LogP contribution in [0.1, 0.15) is 40.5 Å². The molecule has 1 fully saturated rings. The largest absolute Gasteiger partial charge is 0.381 e. The number of carbonyl (C=O) groups is 1. The van der Waals surface area contributed by atoms with E-state index in [2.05, 4.69) is 13.8 Å². The highest BCUT2D eigenvalue weighted by atomic mass is 16.3. The molecule has 0 aromatic heterocycles. The SMILES string of the molecule is CC1CCN(C(=O)C(C)(C)O)C(C)C1. The van der Waals surface area contributed by atoms with Crippen molar-refractivity contribution in [2.24, 2.45) is 5.92 Å². The minimum atomic E-state index is -1.23. The van der Waals surface area contributed by atoms with Gasteiger partial charge in [0.25, 0.3) is 5.91 Å². The van der Waals surface area contributed by atoms with Crippen LogP contribution in [0.25, 0.3) is 0 Å². The van der Waals surface area contributed by atoms with E-state index in [4.69, 9.17) is 0 Å². The van der Waals surface area contributed by atoms with E-state index < -0.39 is 5.60 Å². The monoisotopic (exact) mass is 199 g/mol. The Balaban J connectivity index is 2.65. The Morgan fingerprint density at radius 2 is 2.00 bits per heavy atom. The van der Waals surface area contributed by atoms with Crippen LogP contribution >= 0.6 is 0 Å². The second-order valence-electron chi connectivity index (χ2n) is 5.04. The molecule has 1 aliphatic heterocycles. The molecule has 0 spiro atoms. The molecule has 2 atom stereocenters. The summed E-state index contributed by atoms with van der Waals surface area (Å²) in [7, 11) is 0. The number of hydrogen-bond acceptors (Lipinski definition) is 2. The zero-order valence-electron chi connectivity index (χ0n) is 9.58. The number of likely N-dealkylation sites (tertiary alicyclic amines) is 1. The number of rotatable bonds is 1. The van der Waals surface area contributed by atoms with Crippen LogP contribution in [0.3, 0.4) is 0 Å². The van der Waals surface area contributed by atoms with Gasteiger partial charge < -0.3 is 10.0 Å². The molecule has 82 valence electrons. The van der Waals surface area contributed by atoms with E-state index in [1.54, 1.807) is 18.7 Å². The van der Waals surface area contributed by atoms with Gasteiger partial charge in [-0.15, -0.1) is 0 Å². The average molecular weight is 199 g/mol. The quantitative estimate of drug-likeness (QED) is 0.693. The van der Waals surface area contributed by atoms with E-state index in [0.717, 1.165) is 19.4 Å². The van der Waals surface area contributed by atoms with Gasteiger partial charge in [0.1, 0.15) is 5.60 Å². The molecule has 14 heavy (non-hydrogen) atoms. The molecule has 0 aliphatic carbocycles. The number of piperidine rings is 1. The number of amides is 1. The van der Waals surface area contributed by atoms with E-state index in [0.29, 0.717) is 5.92 Å². The smallest absolute Gasteiger partial charge is 0.254 e. The highest BCUT2D eigenvalue weighted by Crippen LogP contribution is 2.24. The highest BCUT2D eigenvalue weighted by molar-refractivity contribution is 5.84. The van der Waals surface area contributed by atoms with Crippen LogP contribution in [0.4, 0.5) is 0 Å². The summed E-state index contributed by atoms with van der Waals surface area (Å²) in [6.07, 6.45) is 2.09. The first kappa shape index (κ1) is 11.5. The summed E-state index contributed by atoms with van der Waals surface area (Å²) in [6.45, 7) is 8.16. The number of hydrogen-bond donors (Lipinski definition) is 1. The molecule has 3 nitrogen and oxygen atoms in total. The molecule has 3 heteroatoms. The van der Waals surface area contributed by atoms with Gasteiger partial charge in [0.15, 0.2) is 0 Å². The van der Waals surface area contributed by atoms with Crippen LogP contribution in [0.5, 0.6) is 0 Å². The summed E-state index contributed by atoms with van der Waals surface area (Å²) in [5.74, 6) is 0.549. The Bertz CT molecular complexity index is 220. The summed E-state index contributed by atoms with van der Waals surface area (Å²) in [5.41, 5.74) is -1.23. The van der Waals surface area contributed by atoms with Crippen molar-refractivity contribution in [2.75, 3.05) is 6.54 Å². The molecule has 0 saturated carbocycles. The second kappa shape index (κ2) is 3.89. The molecular weight excluding hydrogens is 178 g/mol. The third-order valence-corrected chi connectivity index (χ3v) is 2.92. The van der Waals surface area contributed by atoms with Gasteiger partial charge in [-0.2, -0.15) is 0 Å². The molecule has 1 aliphatic rings. The fourth-order valence-electron chi connectivity index (χ4n) is 2.06. The molecule has 1 rings (SSSR count). The zero-order chi connectivity index (χ0) is 10.9. The van der Waals surface area contributed by atoms with Crippen LogP contribution in [0.2, 0.25) is 0 Å². The molecule has 1 heterocycles. The van der Waals surface area contributed by atoms with Crippen LogP contribution in [-0.4, -0.2) is 34.1 Å². The lowest BCUT2D eigenvalue weighted by Gasteiger charge is -2.39. The van der Waals surface area contributed by atoms with Crippen molar-refractivity contribution in [3.05, 3.63) is 0 Å². The third-order valence-electron chi connectivity index (χ3n) is 2.92. The fourth-order valence-corrected chi connectivity index (χ4v) is 2.06. The average Bonchev–Trinajstić information content (AvgIpc) is 2.01. The Morgan fingerprint density at radius 3 is 2.43 bits per heavy atom. The molecule has 0 radical (unpaired) electrons. The van der Waals surface area contributed by atoms with Gasteiger partial charge in [0.2, 0.25) is 0 Å². The maximum absolute atomic E-state index is 11.8. The molecule has 2 unspecified atom stereocenters. The predicted octanol–water partition coefficient (Wildman–Crippen LogP) is 1.40. The summed E-state index contributed by atoms with van der Waals surface area (Å²) >= 11 is 0. The molecule has 1 amide bonds. The molecule has 1 N–H and O–H groups in total. The van der Waals surface area contributed by atoms with Crippen LogP contribution in [0, 0.1) is 5.92 Å². The van der Waals surface area contributed by atoms with Crippen molar-refractivity contribution in [3.63, 3.8) is 0 Å². The summed E-state index contributed by atoms with van der Waals surface area (Å²) in [5, 5.41) is 9.63. The lowest BCUT2D eigenvalue weighted by Crippen LogP contribution is -2.52. The van der Waals surface area contributed by atoms with Gasteiger partial charge in [-0.1, -0.05) is 6.92 Å². The first-order valence-electron chi connectivity index (χ1n) is 5.36. The van der Waals surface area contributed by atoms with Gasteiger partial charge >= 0.3 is 0 Å². The Kier molecular flexibility index (Phi) is 3.20. The maximum Gasteiger partial charge on any atom is 0.254 e. The van der Waals surface area contributed by atoms with Crippen molar-refractivity contribution >= 4 is 5.91 Å². The lowest BCUT2D eigenvalue weighted by atomic mass is 9.92. The lowest BCUT2D eigenvalue weighted by molar-refractivity contribution is -0.151. The van der Waals surface area contributed by atoms with Gasteiger partial charge in [-0.3, -0.25) is 4.79 Å². The first-order valence-corrected chi connectivity index (χ1v) is 5.36. The molecule has 0 bridgehead atoms. The summed E-state index contributed by atoms with van der Waals surface area (Å²) in [6, 6.07) is 0.262. The zero-order valence-corrected chi connectivity index (χ0v) is 9.58. The molecule has 0 aromatic rings. The Labute approximate surface area is 86.1 Å². The molecule has 1 saturated heterocycles. The third kappa shape index (κ3) is 2.47. The van der Waals surface area contributed by atoms with Gasteiger partial charge in [0.05, 0.1) is 0 Å². The van der Waals surface area contributed by atoms with Crippen LogP contribution < -0.4 is 0 Å². The number of aliphatic hydroxyl groups is 1. The van der Waals surface area contributed by atoms with Crippen molar-refractivity contribution in [3.8, 4) is 0 Å². The second-order valence-corrected chi connectivity index (χ2v) is 5.04. The minimum Gasteiger partial charge on any atom is -0.381 e. The minimum absolute atomic E-state index is 0.142. The standard InChI is InChI=1S/C11H21NO2/c1-8-5-6-12(9(2)7-8)10(13)11(3,4)14/h8-9,14H,5-7H2,1-4H3. The van der Waals surface area contributed by atoms with E-state index in [9.17, 15) is 9.90 Å². The molecule has 0 aromatic carbocycles. The normalized spacial score (nSPS) is 29.1. The van der Waals surface area contributed by atoms with E-state index in [-0.39, 0.29) is 11.9 Å². The Hall–Kier alpha value is -0.570. The number of carbonyl (C=O) groups excluding carboxylic acids is 1. The van der Waals surface area contributed by atoms with Crippen molar-refractivity contribution in [1.82, 2.24) is 4.90 Å². The topological polar surface area (TPSA) is 40.5 Å². The van der Waals surface area contributed by atoms with Gasteiger partial charge in [-0.05, 0) is 39.5 Å². The van der Waals surface area contributed by atoms with Crippen LogP contribution in [0.15, 0.2) is 0 Å². The number of nitrogens with zero attached hydrogens (tertiary/aromatic N) is 1. The van der Waals surface area contributed by atoms with Gasteiger partial charge in [-0.25, -0.2) is 0 Å². The first-order chi connectivity index (χ1) is 6.32. The summed E-state index contributed by atoms with van der Waals surface area (Å²) < 4.78 is 0. The molecular formula is C11H21NO2. The highest BCUT2D eigenvalue weighted by Gasteiger charge is 2.34. The fraction of sp³-hybridized carbons (Fsp3) is 0.909.